The molecule has 0 aromatic heterocycles. The van der Waals surface area contributed by atoms with Crippen LogP contribution in [0.4, 0.5) is 0 Å². The third-order valence-corrected chi connectivity index (χ3v) is 0. The first-order valence-corrected chi connectivity index (χ1v) is 1.84. The molecule has 1 nitrogen and oxygen atoms in total. The molecule has 0 aliphatic rings. The summed E-state index contributed by atoms with van der Waals surface area (Å²) in [5, 5.41) is 7.85. The quantitative estimate of drug-likeness (QED) is 0.330. The van der Waals surface area contributed by atoms with Crippen LogP contribution in [0.3, 0.4) is 0 Å². The standard InChI is InChI=1S/C2H3IO.Li.H/c1-2(3)4;;/h4H,1H2;;. The van der Waals surface area contributed by atoms with Gasteiger partial charge in [0.25, 0.3) is 0 Å². The minimum atomic E-state index is 0. The van der Waals surface area contributed by atoms with Gasteiger partial charge in [-0.2, -0.15) is 0 Å². The molecule has 0 saturated heterocycles. The predicted molar refractivity (Wildman–Crippen MR) is 32.9 cm³/mol. The Labute approximate surface area is 56.8 Å². The average Bonchev–Trinajstić information content (AvgIpc) is 0.811. The molecule has 1 N–H and O–H groups in total. The molecule has 0 unspecified atom stereocenters. The minimum absolute atomic E-state index is 0. The second-order valence-electron chi connectivity index (χ2n) is 0.376. The summed E-state index contributed by atoms with van der Waals surface area (Å²) in [6.45, 7) is 3.10. The van der Waals surface area contributed by atoms with Crippen molar-refractivity contribution < 1.29 is 5.11 Å². The Kier molecular flexibility index (Phi) is 9.05. The van der Waals surface area contributed by atoms with Gasteiger partial charge in [0, 0.05) is 0 Å². The van der Waals surface area contributed by atoms with Crippen LogP contribution in [-0.2, 0) is 0 Å². The summed E-state index contributed by atoms with van der Waals surface area (Å²) in [4.78, 5) is 0. The van der Waals surface area contributed by atoms with Gasteiger partial charge in [-0.1, -0.05) is 6.58 Å². The van der Waals surface area contributed by atoms with Gasteiger partial charge in [0.1, 0.15) is 3.77 Å². The molecule has 0 aliphatic carbocycles. The van der Waals surface area contributed by atoms with Crippen LogP contribution < -0.4 is 0 Å². The summed E-state index contributed by atoms with van der Waals surface area (Å²) in [6.07, 6.45) is 0. The van der Waals surface area contributed by atoms with Crippen LogP contribution in [0.1, 0.15) is 0 Å². The van der Waals surface area contributed by atoms with Gasteiger partial charge in [0.15, 0.2) is 0 Å². The van der Waals surface area contributed by atoms with Crippen molar-refractivity contribution in [1.29, 1.82) is 0 Å². The van der Waals surface area contributed by atoms with Crippen LogP contribution in [0.15, 0.2) is 10.3 Å². The second kappa shape index (κ2) is 4.87. The summed E-state index contributed by atoms with van der Waals surface area (Å²) >= 11 is 1.70. The fraction of sp³-hybridized carbons (Fsp3) is 0. The van der Waals surface area contributed by atoms with E-state index in [-0.39, 0.29) is 22.6 Å². The van der Waals surface area contributed by atoms with E-state index < -0.39 is 0 Å². The van der Waals surface area contributed by atoms with Crippen molar-refractivity contribution in [2.45, 2.75) is 0 Å². The van der Waals surface area contributed by atoms with Crippen LogP contribution in [0.25, 0.3) is 0 Å². The third-order valence-electron chi connectivity index (χ3n) is 0. The molecule has 0 atom stereocenters. The molecular formula is C2H4ILiO. The van der Waals surface area contributed by atoms with Crippen LogP contribution in [0.2, 0.25) is 0 Å². The number of rotatable bonds is 0. The molecule has 26 valence electrons. The van der Waals surface area contributed by atoms with Crippen LogP contribution in [-0.4, -0.2) is 24.0 Å². The Bertz CT molecular complexity index is 32.6. The molecule has 0 aliphatic heterocycles. The molecule has 0 bridgehead atoms. The first-order valence-electron chi connectivity index (χ1n) is 0.766. The Balaban J connectivity index is 0. The van der Waals surface area contributed by atoms with E-state index in [4.69, 9.17) is 5.11 Å². The van der Waals surface area contributed by atoms with E-state index >= 15 is 0 Å². The summed E-state index contributed by atoms with van der Waals surface area (Å²) < 4.78 is 0.137. The molecule has 5 heavy (non-hydrogen) atoms. The Hall–Kier alpha value is 0.867. The zero-order valence-electron chi connectivity index (χ0n) is 2.03. The molecule has 0 amide bonds. The van der Waals surface area contributed by atoms with E-state index in [1.54, 1.807) is 22.6 Å². The molecular weight excluding hydrogens is 174 g/mol. The van der Waals surface area contributed by atoms with E-state index in [1.807, 2.05) is 0 Å². The van der Waals surface area contributed by atoms with Gasteiger partial charge in [0.2, 0.25) is 0 Å². The van der Waals surface area contributed by atoms with Crippen molar-refractivity contribution in [3.63, 3.8) is 0 Å². The predicted octanol–water partition coefficient (Wildman–Crippen LogP) is 0.802. The van der Waals surface area contributed by atoms with Gasteiger partial charge >= 0.3 is 18.9 Å². The number of aliphatic hydroxyl groups is 1. The van der Waals surface area contributed by atoms with Crippen LogP contribution in [0, 0.1) is 0 Å². The molecule has 0 saturated carbocycles. The van der Waals surface area contributed by atoms with E-state index in [1.165, 1.54) is 0 Å². The van der Waals surface area contributed by atoms with Gasteiger partial charge in [-0.15, -0.1) is 0 Å². The van der Waals surface area contributed by atoms with Crippen molar-refractivity contribution >= 4 is 41.5 Å². The first-order chi connectivity index (χ1) is 1.73. The summed E-state index contributed by atoms with van der Waals surface area (Å²) in [5.41, 5.74) is 0. The zero-order valence-corrected chi connectivity index (χ0v) is 4.19. The van der Waals surface area contributed by atoms with Crippen molar-refractivity contribution in [2.24, 2.45) is 0 Å². The maximum absolute atomic E-state index is 7.85. The Morgan fingerprint density at radius 2 is 1.80 bits per heavy atom. The molecule has 0 aromatic carbocycles. The van der Waals surface area contributed by atoms with Gasteiger partial charge in [0.05, 0.1) is 0 Å². The van der Waals surface area contributed by atoms with Crippen LogP contribution >= 0.6 is 22.6 Å². The number of hydrogen-bond donors (Lipinski definition) is 1. The van der Waals surface area contributed by atoms with Gasteiger partial charge in [-0.3, -0.25) is 0 Å². The van der Waals surface area contributed by atoms with Crippen LogP contribution in [0.5, 0.6) is 0 Å². The van der Waals surface area contributed by atoms with Crippen molar-refractivity contribution in [3.8, 4) is 0 Å². The van der Waals surface area contributed by atoms with Gasteiger partial charge in [-0.05, 0) is 22.6 Å². The van der Waals surface area contributed by atoms with Crippen molar-refractivity contribution in [3.05, 3.63) is 10.3 Å². The van der Waals surface area contributed by atoms with Gasteiger partial charge < -0.3 is 5.11 Å². The molecule has 0 fully saturated rings. The number of aliphatic hydroxyl groups excluding tert-OH is 1. The molecule has 0 aromatic rings. The first kappa shape index (κ1) is 9.29. The SMILES string of the molecule is C=C(O)I.[LiH]. The summed E-state index contributed by atoms with van der Waals surface area (Å²) in [6, 6.07) is 0. The van der Waals surface area contributed by atoms with E-state index in [0.717, 1.165) is 0 Å². The van der Waals surface area contributed by atoms with E-state index in [2.05, 4.69) is 6.58 Å². The fourth-order valence-corrected chi connectivity index (χ4v) is 0. The normalized spacial score (nSPS) is 5.00. The monoisotopic (exact) mass is 178 g/mol. The average molecular weight is 178 g/mol. The van der Waals surface area contributed by atoms with Crippen molar-refractivity contribution in [1.82, 2.24) is 0 Å². The van der Waals surface area contributed by atoms with Gasteiger partial charge in [-0.25, -0.2) is 0 Å². The van der Waals surface area contributed by atoms with E-state index in [9.17, 15) is 0 Å². The molecule has 0 heterocycles. The second-order valence-corrected chi connectivity index (χ2v) is 1.62. The topological polar surface area (TPSA) is 20.2 Å². The Morgan fingerprint density at radius 1 is 1.80 bits per heavy atom. The molecule has 3 heteroatoms. The fourth-order valence-electron chi connectivity index (χ4n) is 0. The van der Waals surface area contributed by atoms with Crippen molar-refractivity contribution in [2.75, 3.05) is 0 Å². The third kappa shape index (κ3) is 53.2. The molecule has 0 radical (unpaired) electrons. The maximum atomic E-state index is 7.85. The van der Waals surface area contributed by atoms with E-state index in [0.29, 0.717) is 0 Å². The number of hydrogen-bond acceptors (Lipinski definition) is 1. The Morgan fingerprint density at radius 3 is 1.80 bits per heavy atom. The molecule has 0 spiro atoms. The summed E-state index contributed by atoms with van der Waals surface area (Å²) in [5.74, 6) is 0. The summed E-state index contributed by atoms with van der Waals surface area (Å²) in [7, 11) is 0. The number of halogens is 1. The molecule has 0 rings (SSSR count). The zero-order chi connectivity index (χ0) is 3.58.